The number of nitrogens with one attached hydrogen (secondary N) is 2. The summed E-state index contributed by atoms with van der Waals surface area (Å²) in [6.45, 7) is 2.40. The highest BCUT2D eigenvalue weighted by molar-refractivity contribution is 5.94. The van der Waals surface area contributed by atoms with Crippen LogP contribution >= 0.6 is 0 Å². The molecule has 0 aromatic carbocycles. The van der Waals surface area contributed by atoms with Gasteiger partial charge >= 0.3 is 0 Å². The molecule has 10 nitrogen and oxygen atoms in total. The summed E-state index contributed by atoms with van der Waals surface area (Å²) in [4.78, 5) is 25.1. The number of amides is 1. The van der Waals surface area contributed by atoms with E-state index in [2.05, 4.69) is 25.6 Å². The quantitative estimate of drug-likeness (QED) is 0.436. The van der Waals surface area contributed by atoms with Gasteiger partial charge in [0.2, 0.25) is 5.88 Å². The zero-order valence-electron chi connectivity index (χ0n) is 22.2. The summed E-state index contributed by atoms with van der Waals surface area (Å²) >= 11 is 0. The number of hydrogen-bond donors (Lipinski definition) is 2. The second-order valence-electron chi connectivity index (χ2n) is 11.3. The molecular weight excluding hydrogens is 517 g/mol. The molecule has 1 atom stereocenters. The van der Waals surface area contributed by atoms with Crippen LogP contribution in [0.15, 0.2) is 30.5 Å². The van der Waals surface area contributed by atoms with Gasteiger partial charge in [0.1, 0.15) is 11.9 Å². The Morgan fingerprint density at radius 3 is 2.85 bits per heavy atom. The second kappa shape index (κ2) is 10.2. The highest BCUT2D eigenvalue weighted by Gasteiger charge is 2.49. The van der Waals surface area contributed by atoms with E-state index in [1.165, 1.54) is 6.20 Å². The van der Waals surface area contributed by atoms with Gasteiger partial charge in [-0.05, 0) is 56.7 Å². The number of pyridine rings is 3. The Morgan fingerprint density at radius 1 is 1.15 bits per heavy atom. The summed E-state index contributed by atoms with van der Waals surface area (Å²) in [5.41, 5.74) is 2.21. The summed E-state index contributed by atoms with van der Waals surface area (Å²) in [7, 11) is 0. The molecule has 2 bridgehead atoms. The standard InChI is InChI=1S/C29H32FN5O5/c30-21-14-31-22-2-4-25(40-19-6-12-37-15-19)35-26(22)20(21)5-7-29-10-8-28(9-11-29,17-39-29)32-13-18-1-3-23-27(33-18)34-24(36)16-38-23/h1-4,14,19,32H,5-13,15-17H2,(H,33,34,36)/t19-,28?,29?/m0/s1. The van der Waals surface area contributed by atoms with Crippen LogP contribution in [0.2, 0.25) is 0 Å². The van der Waals surface area contributed by atoms with Crippen molar-refractivity contribution in [3.8, 4) is 11.6 Å². The number of fused-ring (bicyclic) bond motifs is 5. The van der Waals surface area contributed by atoms with E-state index in [-0.39, 0.29) is 35.6 Å². The van der Waals surface area contributed by atoms with E-state index in [1.807, 2.05) is 18.2 Å². The number of aryl methyl sites for hydroxylation is 1. The van der Waals surface area contributed by atoms with Crippen LogP contribution in [0.5, 0.6) is 11.6 Å². The molecule has 7 heterocycles. The van der Waals surface area contributed by atoms with Crippen molar-refractivity contribution < 1.29 is 28.1 Å². The molecule has 4 aliphatic heterocycles. The third-order valence-electron chi connectivity index (χ3n) is 8.70. The van der Waals surface area contributed by atoms with E-state index in [0.717, 1.165) is 37.8 Å². The number of hydrogen-bond acceptors (Lipinski definition) is 9. The molecule has 210 valence electrons. The normalized spacial score (nSPS) is 27.3. The molecule has 4 fully saturated rings. The summed E-state index contributed by atoms with van der Waals surface area (Å²) in [6, 6.07) is 7.38. The second-order valence-corrected chi connectivity index (χ2v) is 11.3. The maximum Gasteiger partial charge on any atom is 0.263 e. The first-order valence-electron chi connectivity index (χ1n) is 14.0. The number of ether oxygens (including phenoxy) is 4. The van der Waals surface area contributed by atoms with Crippen molar-refractivity contribution >= 4 is 22.8 Å². The molecule has 0 radical (unpaired) electrons. The number of nitrogens with zero attached hydrogens (tertiary/aromatic N) is 3. The molecule has 8 rings (SSSR count). The SMILES string of the molecule is O=C1COc2ccc(CNC34CCC(CCc5c(F)cnc6ccc(O[C@H]7CCOC7)nc56)(CC3)OC4)nc2N1. The van der Waals surface area contributed by atoms with Crippen molar-refractivity contribution in [2.45, 2.75) is 68.7 Å². The number of carbonyl (C=O) groups is 1. The molecule has 1 amide bonds. The molecule has 3 saturated heterocycles. The van der Waals surface area contributed by atoms with Gasteiger partial charge < -0.3 is 29.6 Å². The van der Waals surface area contributed by atoms with E-state index in [0.29, 0.717) is 73.3 Å². The lowest BCUT2D eigenvalue weighted by atomic mass is 9.69. The van der Waals surface area contributed by atoms with Crippen LogP contribution in [-0.4, -0.2) is 64.5 Å². The number of rotatable bonds is 8. The predicted molar refractivity (Wildman–Crippen MR) is 143 cm³/mol. The molecule has 0 spiro atoms. The fourth-order valence-electron chi connectivity index (χ4n) is 6.21. The highest BCUT2D eigenvalue weighted by Crippen LogP contribution is 2.46. The molecule has 40 heavy (non-hydrogen) atoms. The van der Waals surface area contributed by atoms with Crippen LogP contribution in [0, 0.1) is 5.82 Å². The predicted octanol–water partition coefficient (Wildman–Crippen LogP) is 3.47. The molecule has 0 unspecified atom stereocenters. The zero-order chi connectivity index (χ0) is 27.2. The van der Waals surface area contributed by atoms with Crippen molar-refractivity contribution in [2.75, 3.05) is 31.7 Å². The third kappa shape index (κ3) is 4.97. The van der Waals surface area contributed by atoms with Crippen LogP contribution in [0.4, 0.5) is 10.2 Å². The molecular formula is C29H32FN5O5. The maximum atomic E-state index is 15.0. The molecule has 3 aromatic heterocycles. The smallest absolute Gasteiger partial charge is 0.263 e. The van der Waals surface area contributed by atoms with Gasteiger partial charge in [-0.3, -0.25) is 9.78 Å². The average Bonchev–Trinajstić information content (AvgIpc) is 3.49. The van der Waals surface area contributed by atoms with Gasteiger partial charge in [0.05, 0.1) is 48.3 Å². The van der Waals surface area contributed by atoms with Crippen LogP contribution in [0.1, 0.15) is 49.8 Å². The van der Waals surface area contributed by atoms with Gasteiger partial charge in [-0.25, -0.2) is 14.4 Å². The zero-order valence-corrected chi connectivity index (χ0v) is 22.2. The Bertz CT molecular complexity index is 1420. The minimum atomic E-state index is -0.348. The van der Waals surface area contributed by atoms with Gasteiger partial charge in [-0.1, -0.05) is 0 Å². The van der Waals surface area contributed by atoms with Gasteiger partial charge in [-0.15, -0.1) is 0 Å². The third-order valence-corrected chi connectivity index (χ3v) is 8.70. The average molecular weight is 550 g/mol. The summed E-state index contributed by atoms with van der Waals surface area (Å²) in [5.74, 6) is 0.981. The van der Waals surface area contributed by atoms with E-state index >= 15 is 4.39 Å². The van der Waals surface area contributed by atoms with Gasteiger partial charge in [0.25, 0.3) is 5.91 Å². The monoisotopic (exact) mass is 549 g/mol. The molecule has 3 aromatic rings. The Labute approximate surface area is 231 Å². The van der Waals surface area contributed by atoms with Crippen LogP contribution in [-0.2, 0) is 27.2 Å². The van der Waals surface area contributed by atoms with E-state index in [1.54, 1.807) is 6.07 Å². The lowest BCUT2D eigenvalue weighted by molar-refractivity contribution is -0.165. The lowest BCUT2D eigenvalue weighted by Gasteiger charge is -2.53. The van der Waals surface area contributed by atoms with Gasteiger partial charge in [-0.2, -0.15) is 0 Å². The van der Waals surface area contributed by atoms with Crippen molar-refractivity contribution in [1.29, 1.82) is 0 Å². The Balaban J connectivity index is 0.995. The number of anilines is 1. The first-order valence-corrected chi connectivity index (χ1v) is 14.0. The minimum Gasteiger partial charge on any atom is -0.480 e. The Morgan fingerprint density at radius 2 is 2.05 bits per heavy atom. The Hall–Kier alpha value is -3.41. The summed E-state index contributed by atoms with van der Waals surface area (Å²) in [6.07, 6.45) is 7.04. The molecule has 1 saturated carbocycles. The van der Waals surface area contributed by atoms with Gasteiger partial charge in [0.15, 0.2) is 18.2 Å². The fourth-order valence-corrected chi connectivity index (χ4v) is 6.21. The van der Waals surface area contributed by atoms with E-state index in [4.69, 9.17) is 18.9 Å². The van der Waals surface area contributed by atoms with Crippen LogP contribution < -0.4 is 20.1 Å². The topological polar surface area (TPSA) is 117 Å². The van der Waals surface area contributed by atoms with Crippen molar-refractivity contribution in [2.24, 2.45) is 0 Å². The van der Waals surface area contributed by atoms with Gasteiger partial charge in [0, 0.05) is 30.1 Å². The highest BCUT2D eigenvalue weighted by atomic mass is 19.1. The van der Waals surface area contributed by atoms with Crippen molar-refractivity contribution in [3.05, 3.63) is 47.5 Å². The van der Waals surface area contributed by atoms with Crippen molar-refractivity contribution in [1.82, 2.24) is 20.3 Å². The van der Waals surface area contributed by atoms with Crippen LogP contribution in [0.3, 0.4) is 0 Å². The van der Waals surface area contributed by atoms with Crippen molar-refractivity contribution in [3.63, 3.8) is 0 Å². The molecule has 5 aliphatic rings. The van der Waals surface area contributed by atoms with Crippen LogP contribution in [0.25, 0.3) is 11.0 Å². The van der Waals surface area contributed by atoms with E-state index < -0.39 is 0 Å². The number of carbonyl (C=O) groups excluding carboxylic acids is 1. The molecule has 11 heteroatoms. The number of aromatic nitrogens is 3. The first kappa shape index (κ1) is 25.6. The lowest BCUT2D eigenvalue weighted by Crippen LogP contribution is -2.61. The summed E-state index contributed by atoms with van der Waals surface area (Å²) < 4.78 is 38.3. The first-order chi connectivity index (χ1) is 19.5. The molecule has 1 aliphatic carbocycles. The fraction of sp³-hybridized carbons (Fsp3) is 0.517. The minimum absolute atomic E-state index is 0.0146. The maximum absolute atomic E-state index is 15.0. The van der Waals surface area contributed by atoms with E-state index in [9.17, 15) is 4.79 Å². The largest absolute Gasteiger partial charge is 0.480 e. The Kier molecular flexibility index (Phi) is 6.52. The summed E-state index contributed by atoms with van der Waals surface area (Å²) in [5, 5.41) is 6.44. The number of halogens is 1. The molecule has 2 N–H and O–H groups in total.